The second kappa shape index (κ2) is 10.1. The van der Waals surface area contributed by atoms with Crippen molar-refractivity contribution in [3.8, 4) is 0 Å². The Kier molecular flexibility index (Phi) is 9.26. The minimum atomic E-state index is -0.349. The minimum absolute atomic E-state index is 0. The quantitative estimate of drug-likeness (QED) is 0.594. The van der Waals surface area contributed by atoms with Crippen molar-refractivity contribution in [1.82, 2.24) is 5.32 Å². The van der Waals surface area contributed by atoms with E-state index in [9.17, 15) is 9.59 Å². The van der Waals surface area contributed by atoms with Gasteiger partial charge < -0.3 is 15.8 Å². The van der Waals surface area contributed by atoms with Crippen molar-refractivity contribution in [2.45, 2.75) is 39.7 Å². The largest absolute Gasteiger partial charge is 0.463 e. The summed E-state index contributed by atoms with van der Waals surface area (Å²) < 4.78 is 5.08. The highest BCUT2D eigenvalue weighted by atomic mass is 35.5. The third-order valence-electron chi connectivity index (χ3n) is 3.04. The van der Waals surface area contributed by atoms with Crippen molar-refractivity contribution in [2.24, 2.45) is 5.92 Å². The van der Waals surface area contributed by atoms with Gasteiger partial charge >= 0.3 is 5.97 Å². The van der Waals surface area contributed by atoms with Gasteiger partial charge in [0, 0.05) is 18.7 Å². The average Bonchev–Trinajstić information content (AvgIpc) is 2.43. The van der Waals surface area contributed by atoms with Crippen molar-refractivity contribution in [1.29, 1.82) is 0 Å². The number of aryl methyl sites for hydroxylation is 1. The molecule has 0 heterocycles. The molecule has 3 N–H and O–H groups in total. The van der Waals surface area contributed by atoms with Crippen molar-refractivity contribution >= 4 is 30.0 Å². The summed E-state index contributed by atoms with van der Waals surface area (Å²) in [5, 5.41) is 2.75. The van der Waals surface area contributed by atoms with Crippen LogP contribution in [0.25, 0.3) is 0 Å². The van der Waals surface area contributed by atoms with Crippen molar-refractivity contribution in [3.63, 3.8) is 0 Å². The van der Waals surface area contributed by atoms with Gasteiger partial charge in [0.2, 0.25) is 5.91 Å². The van der Waals surface area contributed by atoms with Crippen LogP contribution in [0.1, 0.15) is 32.8 Å². The van der Waals surface area contributed by atoms with Gasteiger partial charge in [0.15, 0.2) is 0 Å². The Morgan fingerprint density at radius 1 is 1.23 bits per heavy atom. The lowest BCUT2D eigenvalue weighted by Gasteiger charge is -2.14. The molecule has 0 aliphatic carbocycles. The van der Waals surface area contributed by atoms with Crippen molar-refractivity contribution in [3.05, 3.63) is 29.8 Å². The molecule has 1 unspecified atom stereocenters. The summed E-state index contributed by atoms with van der Waals surface area (Å²) in [6, 6.07) is 7.48. The van der Waals surface area contributed by atoms with E-state index in [-0.39, 0.29) is 42.9 Å². The molecule has 0 spiro atoms. The van der Waals surface area contributed by atoms with E-state index >= 15 is 0 Å². The number of ether oxygens (including phenoxy) is 1. The molecule has 1 atom stereocenters. The molecule has 0 saturated heterocycles. The van der Waals surface area contributed by atoms with Gasteiger partial charge in [-0.05, 0) is 31.9 Å². The van der Waals surface area contributed by atoms with E-state index in [1.165, 1.54) is 0 Å². The van der Waals surface area contributed by atoms with E-state index in [0.29, 0.717) is 18.5 Å². The zero-order chi connectivity index (χ0) is 15.8. The van der Waals surface area contributed by atoms with Gasteiger partial charge in [0.1, 0.15) is 0 Å². The molecule has 0 aliphatic heterocycles. The van der Waals surface area contributed by atoms with Gasteiger partial charge in [0.05, 0.1) is 12.0 Å². The molecular formula is C16H25ClN2O3. The lowest BCUT2D eigenvalue weighted by Crippen LogP contribution is -2.33. The summed E-state index contributed by atoms with van der Waals surface area (Å²) in [6.07, 6.45) is 0.792. The molecule has 0 aliphatic rings. The topological polar surface area (TPSA) is 81.4 Å². The number of carbonyl (C=O) groups is 2. The fraction of sp³-hybridized carbons (Fsp3) is 0.500. The van der Waals surface area contributed by atoms with Crippen LogP contribution in [0, 0.1) is 5.92 Å². The molecule has 0 saturated carbocycles. The summed E-state index contributed by atoms with van der Waals surface area (Å²) in [4.78, 5) is 23.4. The number of hydrogen-bond donors (Lipinski definition) is 2. The fourth-order valence-corrected chi connectivity index (χ4v) is 1.80. The number of carbonyl (C=O) groups excluding carboxylic acids is 2. The van der Waals surface area contributed by atoms with E-state index in [1.807, 2.05) is 24.3 Å². The van der Waals surface area contributed by atoms with Crippen molar-refractivity contribution in [2.75, 3.05) is 12.3 Å². The maximum atomic E-state index is 11.8. The number of anilines is 1. The number of nitrogens with two attached hydrogens (primary N) is 1. The predicted molar refractivity (Wildman–Crippen MR) is 89.8 cm³/mol. The van der Waals surface area contributed by atoms with Gasteiger partial charge in [-0.2, -0.15) is 0 Å². The van der Waals surface area contributed by atoms with E-state index in [0.717, 1.165) is 5.56 Å². The van der Waals surface area contributed by atoms with Crippen LogP contribution in [0.4, 0.5) is 5.69 Å². The summed E-state index contributed by atoms with van der Waals surface area (Å²) in [5.41, 5.74) is 7.47. The second-order valence-corrected chi connectivity index (χ2v) is 5.39. The number of benzene rings is 1. The third-order valence-corrected chi connectivity index (χ3v) is 3.04. The number of halogens is 1. The van der Waals surface area contributed by atoms with Crippen LogP contribution in [0.15, 0.2) is 24.3 Å². The maximum Gasteiger partial charge on any atom is 0.310 e. The van der Waals surface area contributed by atoms with Gasteiger partial charge in [-0.1, -0.05) is 25.1 Å². The standard InChI is InChI=1S/C16H24N2O3.ClH/c1-11(2)21-16(20)12(3)10-18-15(19)9-8-13-6-4-5-7-14(13)17;/h4-7,11-12H,8-10,17H2,1-3H3,(H,18,19);1H. The molecule has 5 nitrogen and oxygen atoms in total. The van der Waals surface area contributed by atoms with E-state index in [4.69, 9.17) is 10.5 Å². The Hall–Kier alpha value is -1.75. The normalized spacial score (nSPS) is 11.5. The minimum Gasteiger partial charge on any atom is -0.463 e. The number of nitrogen functional groups attached to an aromatic ring is 1. The Balaban J connectivity index is 0.00000441. The number of esters is 1. The molecule has 1 amide bonds. The molecule has 22 heavy (non-hydrogen) atoms. The van der Waals surface area contributed by atoms with E-state index < -0.39 is 0 Å². The maximum absolute atomic E-state index is 11.8. The molecule has 1 rings (SSSR count). The summed E-state index contributed by atoms with van der Waals surface area (Å²) in [7, 11) is 0. The molecule has 6 heteroatoms. The predicted octanol–water partition coefficient (Wildman–Crippen LogP) is 2.33. The number of amides is 1. The SMILES string of the molecule is CC(C)OC(=O)C(C)CNC(=O)CCc1ccccc1N.Cl. The molecule has 0 radical (unpaired) electrons. The van der Waals surface area contributed by atoms with Crippen LogP contribution < -0.4 is 11.1 Å². The zero-order valence-corrected chi connectivity index (χ0v) is 14.1. The van der Waals surface area contributed by atoms with E-state index in [2.05, 4.69) is 5.32 Å². The number of rotatable bonds is 7. The van der Waals surface area contributed by atoms with Crippen LogP contribution >= 0.6 is 12.4 Å². The first-order valence-corrected chi connectivity index (χ1v) is 7.20. The lowest BCUT2D eigenvalue weighted by molar-refractivity contribution is -0.151. The van der Waals surface area contributed by atoms with Crippen LogP contribution in [0.5, 0.6) is 0 Å². The number of nitrogens with one attached hydrogen (secondary N) is 1. The first-order valence-electron chi connectivity index (χ1n) is 7.20. The third kappa shape index (κ3) is 7.31. The second-order valence-electron chi connectivity index (χ2n) is 5.39. The first-order chi connectivity index (χ1) is 9.90. The average molecular weight is 329 g/mol. The van der Waals surface area contributed by atoms with Crippen LogP contribution in [0.2, 0.25) is 0 Å². The zero-order valence-electron chi connectivity index (χ0n) is 13.3. The smallest absolute Gasteiger partial charge is 0.310 e. The Bertz CT molecular complexity index is 492. The molecular weight excluding hydrogens is 304 g/mol. The highest BCUT2D eigenvalue weighted by molar-refractivity contribution is 5.85. The van der Waals surface area contributed by atoms with Gasteiger partial charge in [-0.15, -0.1) is 12.4 Å². The lowest BCUT2D eigenvalue weighted by atomic mass is 10.1. The molecule has 1 aromatic rings. The van der Waals surface area contributed by atoms with Crippen LogP contribution in [0.3, 0.4) is 0 Å². The molecule has 0 aromatic heterocycles. The first kappa shape index (κ1) is 20.2. The van der Waals surface area contributed by atoms with Gasteiger partial charge in [-0.3, -0.25) is 9.59 Å². The molecule has 0 fully saturated rings. The number of hydrogen-bond acceptors (Lipinski definition) is 4. The summed E-state index contributed by atoms with van der Waals surface area (Å²) >= 11 is 0. The highest BCUT2D eigenvalue weighted by Crippen LogP contribution is 2.12. The van der Waals surface area contributed by atoms with Crippen LogP contribution in [-0.2, 0) is 20.7 Å². The van der Waals surface area contributed by atoms with Gasteiger partial charge in [-0.25, -0.2) is 0 Å². The Labute approximate surface area is 138 Å². The summed E-state index contributed by atoms with van der Waals surface area (Å²) in [5.74, 6) is -0.738. The highest BCUT2D eigenvalue weighted by Gasteiger charge is 2.16. The monoisotopic (exact) mass is 328 g/mol. The van der Waals surface area contributed by atoms with E-state index in [1.54, 1.807) is 20.8 Å². The molecule has 124 valence electrons. The van der Waals surface area contributed by atoms with Crippen LogP contribution in [-0.4, -0.2) is 24.5 Å². The number of para-hydroxylation sites is 1. The molecule has 1 aromatic carbocycles. The Morgan fingerprint density at radius 2 is 1.86 bits per heavy atom. The van der Waals surface area contributed by atoms with Gasteiger partial charge in [0.25, 0.3) is 0 Å². The molecule has 0 bridgehead atoms. The Morgan fingerprint density at radius 3 is 2.45 bits per heavy atom. The van der Waals surface area contributed by atoms with Crippen molar-refractivity contribution < 1.29 is 14.3 Å². The fourth-order valence-electron chi connectivity index (χ4n) is 1.80. The summed E-state index contributed by atoms with van der Waals surface area (Å²) in [6.45, 7) is 5.62.